The topological polar surface area (TPSA) is 0 Å². The van der Waals surface area contributed by atoms with Gasteiger partial charge >= 0.3 is 6.18 Å². The Hall–Kier alpha value is -3.59. The third kappa shape index (κ3) is 3.89. The minimum absolute atomic E-state index is 0.270. The van der Waals surface area contributed by atoms with Crippen LogP contribution in [0.3, 0.4) is 0 Å². The molecular formula is C30H23F3. The average Bonchev–Trinajstić information content (AvgIpc) is 2.78. The summed E-state index contributed by atoms with van der Waals surface area (Å²) in [5.41, 5.74) is 7.11. The van der Waals surface area contributed by atoms with Gasteiger partial charge in [0.2, 0.25) is 0 Å². The normalized spacial score (nSPS) is 11.9. The molecule has 5 rings (SSSR count). The summed E-state index contributed by atoms with van der Waals surface area (Å²) in [4.78, 5) is 0. The zero-order chi connectivity index (χ0) is 23.2. The highest BCUT2D eigenvalue weighted by atomic mass is 19.4. The van der Waals surface area contributed by atoms with E-state index in [1.54, 1.807) is 12.1 Å². The average molecular weight is 441 g/mol. The Labute approximate surface area is 191 Å². The predicted octanol–water partition coefficient (Wildman–Crippen LogP) is 9.05. The number of aryl methyl sites for hydroxylation is 2. The van der Waals surface area contributed by atoms with Crippen LogP contribution in [0.15, 0.2) is 91.0 Å². The van der Waals surface area contributed by atoms with Crippen LogP contribution in [0.4, 0.5) is 13.2 Å². The quantitative estimate of drug-likeness (QED) is 0.246. The first kappa shape index (κ1) is 21.3. The Balaban J connectivity index is 1.84. The van der Waals surface area contributed by atoms with Crippen molar-refractivity contribution in [2.24, 2.45) is 0 Å². The highest BCUT2D eigenvalue weighted by Crippen LogP contribution is 2.45. The molecule has 5 aromatic rings. The summed E-state index contributed by atoms with van der Waals surface area (Å²) in [6, 6.07) is 29.8. The van der Waals surface area contributed by atoms with Crippen molar-refractivity contribution in [1.29, 1.82) is 0 Å². The van der Waals surface area contributed by atoms with Crippen molar-refractivity contribution >= 4 is 21.5 Å². The van der Waals surface area contributed by atoms with Gasteiger partial charge in [0.1, 0.15) is 0 Å². The Morgan fingerprint density at radius 1 is 0.515 bits per heavy atom. The van der Waals surface area contributed by atoms with Gasteiger partial charge in [0.15, 0.2) is 0 Å². The van der Waals surface area contributed by atoms with Crippen LogP contribution < -0.4 is 0 Å². The first-order valence-corrected chi connectivity index (χ1v) is 11.0. The molecule has 0 atom stereocenters. The van der Waals surface area contributed by atoms with E-state index in [0.717, 1.165) is 32.7 Å². The fraction of sp³-hybridized carbons (Fsp3) is 0.133. The summed E-state index contributed by atoms with van der Waals surface area (Å²) in [7, 11) is 0. The van der Waals surface area contributed by atoms with E-state index in [-0.39, 0.29) is 5.56 Å². The molecule has 0 heterocycles. The van der Waals surface area contributed by atoms with E-state index in [2.05, 4.69) is 56.3 Å². The van der Waals surface area contributed by atoms with Gasteiger partial charge in [0.25, 0.3) is 0 Å². The molecule has 33 heavy (non-hydrogen) atoms. The first-order chi connectivity index (χ1) is 15.8. The predicted molar refractivity (Wildman–Crippen MR) is 132 cm³/mol. The minimum Gasteiger partial charge on any atom is -0.171 e. The number of fused-ring (bicyclic) bond motifs is 2. The largest absolute Gasteiger partial charge is 0.393 e. The summed E-state index contributed by atoms with van der Waals surface area (Å²) < 4.78 is 38.6. The SMILES string of the molecule is Cc1cccc(C)c1-c1c2ccccc2c(-c2ccc(CC(F)(F)F)cc2)c2ccccc12. The summed E-state index contributed by atoms with van der Waals surface area (Å²) in [5.74, 6) is 0. The third-order valence-electron chi connectivity index (χ3n) is 6.31. The fourth-order valence-corrected chi connectivity index (χ4v) is 4.94. The van der Waals surface area contributed by atoms with E-state index in [9.17, 15) is 13.2 Å². The maximum Gasteiger partial charge on any atom is 0.393 e. The Bertz CT molecular complexity index is 1400. The van der Waals surface area contributed by atoms with Crippen LogP contribution in [0.2, 0.25) is 0 Å². The lowest BCUT2D eigenvalue weighted by Gasteiger charge is -2.20. The van der Waals surface area contributed by atoms with Crippen LogP contribution in [0.1, 0.15) is 16.7 Å². The zero-order valence-electron chi connectivity index (χ0n) is 18.5. The summed E-state index contributed by atoms with van der Waals surface area (Å²) in [6.45, 7) is 4.28. The monoisotopic (exact) mass is 440 g/mol. The van der Waals surface area contributed by atoms with Crippen LogP contribution in [-0.2, 0) is 6.42 Å². The molecule has 0 saturated carbocycles. The molecule has 0 aliphatic carbocycles. The van der Waals surface area contributed by atoms with Crippen molar-refractivity contribution in [2.75, 3.05) is 0 Å². The number of hydrogen-bond donors (Lipinski definition) is 0. The lowest BCUT2D eigenvalue weighted by Crippen LogP contribution is -2.11. The second-order valence-electron chi connectivity index (χ2n) is 8.60. The van der Waals surface area contributed by atoms with Crippen LogP contribution >= 0.6 is 0 Å². The number of rotatable bonds is 3. The molecule has 0 unspecified atom stereocenters. The summed E-state index contributed by atoms with van der Waals surface area (Å²) in [5, 5.41) is 4.47. The molecule has 0 amide bonds. The highest BCUT2D eigenvalue weighted by Gasteiger charge is 2.27. The van der Waals surface area contributed by atoms with E-state index in [0.29, 0.717) is 0 Å². The molecule has 0 nitrogen and oxygen atoms in total. The second kappa shape index (κ2) is 8.08. The smallest absolute Gasteiger partial charge is 0.171 e. The van der Waals surface area contributed by atoms with Crippen molar-refractivity contribution in [2.45, 2.75) is 26.4 Å². The number of benzene rings is 5. The molecule has 164 valence electrons. The molecule has 0 spiro atoms. The van der Waals surface area contributed by atoms with Crippen molar-refractivity contribution in [3.05, 3.63) is 108 Å². The van der Waals surface area contributed by atoms with Gasteiger partial charge in [-0.25, -0.2) is 0 Å². The van der Waals surface area contributed by atoms with E-state index >= 15 is 0 Å². The molecule has 5 aromatic carbocycles. The maximum atomic E-state index is 12.9. The molecule has 0 bridgehead atoms. The molecule has 0 N–H and O–H groups in total. The first-order valence-electron chi connectivity index (χ1n) is 11.0. The fourth-order valence-electron chi connectivity index (χ4n) is 4.94. The molecule has 0 aromatic heterocycles. The van der Waals surface area contributed by atoms with Crippen molar-refractivity contribution in [3.63, 3.8) is 0 Å². The van der Waals surface area contributed by atoms with Gasteiger partial charge in [-0.15, -0.1) is 0 Å². The van der Waals surface area contributed by atoms with Crippen LogP contribution in [0, 0.1) is 13.8 Å². The van der Waals surface area contributed by atoms with Gasteiger partial charge in [-0.2, -0.15) is 13.2 Å². The van der Waals surface area contributed by atoms with Gasteiger partial charge in [-0.05, 0) is 74.3 Å². The van der Waals surface area contributed by atoms with E-state index < -0.39 is 12.6 Å². The van der Waals surface area contributed by atoms with E-state index in [1.807, 2.05) is 36.4 Å². The molecule has 3 heteroatoms. The zero-order valence-corrected chi connectivity index (χ0v) is 18.5. The van der Waals surface area contributed by atoms with Gasteiger partial charge in [-0.1, -0.05) is 91.0 Å². The van der Waals surface area contributed by atoms with E-state index in [4.69, 9.17) is 0 Å². The standard InChI is InChI=1S/C30H23F3/c1-19-8-7-9-20(2)27(19)29-25-12-5-3-10-23(25)28(24-11-4-6-13-26(24)29)22-16-14-21(15-17-22)18-30(31,32)33/h3-17H,18H2,1-2H3. The molecule has 0 fully saturated rings. The Kier molecular flexibility index (Phi) is 5.20. The van der Waals surface area contributed by atoms with Crippen LogP contribution in [-0.4, -0.2) is 6.18 Å². The van der Waals surface area contributed by atoms with E-state index in [1.165, 1.54) is 22.3 Å². The minimum atomic E-state index is -4.21. The number of hydrogen-bond acceptors (Lipinski definition) is 0. The second-order valence-corrected chi connectivity index (χ2v) is 8.60. The molecule has 0 aliphatic rings. The Morgan fingerprint density at radius 3 is 1.42 bits per heavy atom. The van der Waals surface area contributed by atoms with Crippen molar-refractivity contribution in [3.8, 4) is 22.3 Å². The van der Waals surface area contributed by atoms with Crippen molar-refractivity contribution in [1.82, 2.24) is 0 Å². The van der Waals surface area contributed by atoms with Crippen molar-refractivity contribution < 1.29 is 13.2 Å². The molecule has 0 saturated heterocycles. The highest BCUT2D eigenvalue weighted by molar-refractivity contribution is 6.21. The van der Waals surface area contributed by atoms with Crippen LogP contribution in [0.5, 0.6) is 0 Å². The Morgan fingerprint density at radius 2 is 0.970 bits per heavy atom. The lowest BCUT2D eigenvalue weighted by molar-refractivity contribution is -0.127. The summed E-state index contributed by atoms with van der Waals surface area (Å²) >= 11 is 0. The molecule has 0 aliphatic heterocycles. The van der Waals surface area contributed by atoms with Gasteiger partial charge in [0.05, 0.1) is 6.42 Å². The summed E-state index contributed by atoms with van der Waals surface area (Å²) in [6.07, 6.45) is -5.13. The van der Waals surface area contributed by atoms with Gasteiger partial charge < -0.3 is 0 Å². The van der Waals surface area contributed by atoms with Gasteiger partial charge in [0, 0.05) is 0 Å². The molecular weight excluding hydrogens is 417 g/mol. The molecule has 0 radical (unpaired) electrons. The lowest BCUT2D eigenvalue weighted by atomic mass is 9.83. The van der Waals surface area contributed by atoms with Crippen LogP contribution in [0.25, 0.3) is 43.8 Å². The third-order valence-corrected chi connectivity index (χ3v) is 6.31. The van der Waals surface area contributed by atoms with Gasteiger partial charge in [-0.3, -0.25) is 0 Å². The maximum absolute atomic E-state index is 12.9. The number of halogens is 3. The number of alkyl halides is 3.